The monoisotopic (exact) mass is 422 g/mol. The number of carboxylic acids is 1. The summed E-state index contributed by atoms with van der Waals surface area (Å²) in [7, 11) is 0. The van der Waals surface area contributed by atoms with Gasteiger partial charge in [-0.2, -0.15) is 0 Å². The van der Waals surface area contributed by atoms with Crippen LogP contribution in [-0.2, 0) is 28.6 Å². The van der Waals surface area contributed by atoms with Gasteiger partial charge < -0.3 is 29.5 Å². The maximum Gasteiger partial charge on any atom is 0.410 e. The summed E-state index contributed by atoms with van der Waals surface area (Å²) in [6.45, 7) is 7.52. The Kier molecular flexibility index (Phi) is 11.6. The number of ether oxygens (including phenoxy) is 3. The first-order valence-electron chi connectivity index (χ1n) is 9.12. The van der Waals surface area contributed by atoms with E-state index < -0.39 is 35.0 Å². The first kappa shape index (κ1) is 26.4. The number of rotatable bonds is 14. The molecule has 0 aromatic rings. The van der Waals surface area contributed by atoms with Crippen molar-refractivity contribution in [1.29, 1.82) is 0 Å². The Bertz CT molecular complexity index is 564. The van der Waals surface area contributed by atoms with Crippen molar-refractivity contribution in [3.63, 3.8) is 0 Å². The molecule has 0 radical (unpaired) electrons. The standard InChI is InChI=1S/C17H30N2O10/c1-11(2)8-13(9-14(20)21)10-18-16(23)29-12(3)28-15(22)17(4,5)26-6-7-27-19(24)25/h11-13H,6-10H2,1-5H3,(H,18,23)(H,20,21)/t12?,13-/m0/s1. The Morgan fingerprint density at radius 2 is 1.76 bits per heavy atom. The van der Waals surface area contributed by atoms with Gasteiger partial charge in [-0.1, -0.05) is 13.8 Å². The number of nitrogens with zero attached hydrogens (tertiary/aromatic N) is 1. The van der Waals surface area contributed by atoms with Crippen molar-refractivity contribution in [1.82, 2.24) is 5.32 Å². The van der Waals surface area contributed by atoms with Crippen molar-refractivity contribution in [2.45, 2.75) is 59.4 Å². The van der Waals surface area contributed by atoms with E-state index in [2.05, 4.69) is 10.2 Å². The van der Waals surface area contributed by atoms with Gasteiger partial charge in [-0.3, -0.25) is 4.79 Å². The number of hydrogen-bond acceptors (Lipinski definition) is 9. The van der Waals surface area contributed by atoms with E-state index in [1.54, 1.807) is 0 Å². The summed E-state index contributed by atoms with van der Waals surface area (Å²) >= 11 is 0. The van der Waals surface area contributed by atoms with E-state index in [1.807, 2.05) is 13.8 Å². The van der Waals surface area contributed by atoms with Crippen LogP contribution >= 0.6 is 0 Å². The van der Waals surface area contributed by atoms with Crippen molar-refractivity contribution in [3.05, 3.63) is 10.1 Å². The molecule has 0 heterocycles. The average Bonchev–Trinajstić information content (AvgIpc) is 2.55. The second kappa shape index (κ2) is 12.8. The molecular weight excluding hydrogens is 392 g/mol. The third-order valence-electron chi connectivity index (χ3n) is 3.58. The maximum absolute atomic E-state index is 12.1. The van der Waals surface area contributed by atoms with Gasteiger partial charge in [0.05, 0.1) is 6.61 Å². The molecule has 0 saturated carbocycles. The molecule has 0 rings (SSSR count). The fourth-order valence-electron chi connectivity index (χ4n) is 2.36. The number of nitrogens with one attached hydrogen (secondary N) is 1. The summed E-state index contributed by atoms with van der Waals surface area (Å²) in [5.74, 6) is -1.80. The maximum atomic E-state index is 12.1. The number of aliphatic carboxylic acids is 1. The van der Waals surface area contributed by atoms with Gasteiger partial charge in [0.15, 0.2) is 5.60 Å². The minimum atomic E-state index is -1.45. The summed E-state index contributed by atoms with van der Waals surface area (Å²) in [6.07, 6.45) is -1.57. The van der Waals surface area contributed by atoms with E-state index in [0.717, 1.165) is 0 Å². The van der Waals surface area contributed by atoms with Crippen molar-refractivity contribution >= 4 is 18.0 Å². The Balaban J connectivity index is 4.39. The van der Waals surface area contributed by atoms with E-state index in [9.17, 15) is 24.5 Å². The highest BCUT2D eigenvalue weighted by Gasteiger charge is 2.32. The van der Waals surface area contributed by atoms with Crippen molar-refractivity contribution in [3.8, 4) is 0 Å². The smallest absolute Gasteiger partial charge is 0.410 e. The normalized spacial score (nSPS) is 13.3. The Labute approximate surface area is 168 Å². The Hall–Kier alpha value is -2.63. The van der Waals surface area contributed by atoms with Crippen LogP contribution in [0.25, 0.3) is 0 Å². The quantitative estimate of drug-likeness (QED) is 0.138. The zero-order chi connectivity index (χ0) is 22.6. The van der Waals surface area contributed by atoms with Crippen LogP contribution in [0.5, 0.6) is 0 Å². The topological polar surface area (TPSA) is 164 Å². The molecule has 0 bridgehead atoms. The van der Waals surface area contributed by atoms with Gasteiger partial charge in [-0.05, 0) is 32.1 Å². The van der Waals surface area contributed by atoms with Gasteiger partial charge in [-0.15, -0.1) is 10.1 Å². The summed E-state index contributed by atoms with van der Waals surface area (Å²) < 4.78 is 15.1. The Morgan fingerprint density at radius 1 is 1.14 bits per heavy atom. The van der Waals surface area contributed by atoms with Crippen LogP contribution in [0.3, 0.4) is 0 Å². The van der Waals surface area contributed by atoms with E-state index >= 15 is 0 Å². The Morgan fingerprint density at radius 3 is 2.28 bits per heavy atom. The molecule has 0 spiro atoms. The molecule has 168 valence electrons. The van der Waals surface area contributed by atoms with Gasteiger partial charge in [0.25, 0.3) is 5.09 Å². The van der Waals surface area contributed by atoms with Gasteiger partial charge >= 0.3 is 18.0 Å². The fourth-order valence-corrected chi connectivity index (χ4v) is 2.36. The molecule has 1 amide bonds. The van der Waals surface area contributed by atoms with E-state index in [-0.39, 0.29) is 38.0 Å². The lowest BCUT2D eigenvalue weighted by molar-refractivity contribution is -0.758. The molecule has 0 saturated heterocycles. The van der Waals surface area contributed by atoms with Gasteiger partial charge in [0.2, 0.25) is 6.29 Å². The summed E-state index contributed by atoms with van der Waals surface area (Å²) in [5, 5.41) is 20.5. The molecule has 12 nitrogen and oxygen atoms in total. The SMILES string of the molecule is CC(C)C[C@H](CNC(=O)OC(C)OC(=O)C(C)(C)OCCO[N+](=O)[O-])CC(=O)O. The van der Waals surface area contributed by atoms with Crippen LogP contribution in [0.1, 0.15) is 47.5 Å². The van der Waals surface area contributed by atoms with Crippen LogP contribution in [0, 0.1) is 22.0 Å². The zero-order valence-electron chi connectivity index (χ0n) is 17.3. The molecule has 0 aromatic heterocycles. The van der Waals surface area contributed by atoms with Crippen molar-refractivity contribution in [2.75, 3.05) is 19.8 Å². The largest absolute Gasteiger partial charge is 0.481 e. The van der Waals surface area contributed by atoms with E-state index in [0.29, 0.717) is 6.42 Å². The first-order chi connectivity index (χ1) is 13.3. The summed E-state index contributed by atoms with van der Waals surface area (Å²) in [5.41, 5.74) is -1.45. The second-order valence-corrected chi connectivity index (χ2v) is 7.27. The molecule has 0 aliphatic carbocycles. The van der Waals surface area contributed by atoms with Crippen LogP contribution < -0.4 is 5.32 Å². The molecule has 2 N–H and O–H groups in total. The number of carbonyl (C=O) groups excluding carboxylic acids is 2. The minimum absolute atomic E-state index is 0.0886. The number of carboxylic acid groups (broad SMARTS) is 1. The second-order valence-electron chi connectivity index (χ2n) is 7.27. The molecule has 2 atom stereocenters. The third-order valence-corrected chi connectivity index (χ3v) is 3.58. The number of esters is 1. The highest BCUT2D eigenvalue weighted by molar-refractivity contribution is 5.78. The molecular formula is C17H30N2O10. The van der Waals surface area contributed by atoms with Crippen LogP contribution in [-0.4, -0.2) is 59.9 Å². The van der Waals surface area contributed by atoms with Crippen LogP contribution in [0.15, 0.2) is 0 Å². The van der Waals surface area contributed by atoms with Gasteiger partial charge in [0, 0.05) is 19.9 Å². The highest BCUT2D eigenvalue weighted by atomic mass is 17.0. The van der Waals surface area contributed by atoms with E-state index in [4.69, 9.17) is 19.3 Å². The number of hydrogen-bond donors (Lipinski definition) is 2. The predicted octanol–water partition coefficient (Wildman–Crippen LogP) is 1.74. The summed E-state index contributed by atoms with van der Waals surface area (Å²) in [4.78, 5) is 49.0. The predicted molar refractivity (Wildman–Crippen MR) is 98.2 cm³/mol. The van der Waals surface area contributed by atoms with Crippen LogP contribution in [0.2, 0.25) is 0 Å². The lowest BCUT2D eigenvalue weighted by Gasteiger charge is -2.25. The lowest BCUT2D eigenvalue weighted by Crippen LogP contribution is -2.41. The highest BCUT2D eigenvalue weighted by Crippen LogP contribution is 2.15. The van der Waals surface area contributed by atoms with Gasteiger partial charge in [0.1, 0.15) is 6.61 Å². The molecule has 0 fully saturated rings. The zero-order valence-corrected chi connectivity index (χ0v) is 17.3. The first-order valence-corrected chi connectivity index (χ1v) is 9.12. The minimum Gasteiger partial charge on any atom is -0.481 e. The van der Waals surface area contributed by atoms with Crippen molar-refractivity contribution in [2.24, 2.45) is 11.8 Å². The molecule has 0 aromatic carbocycles. The van der Waals surface area contributed by atoms with E-state index in [1.165, 1.54) is 20.8 Å². The van der Waals surface area contributed by atoms with Crippen LogP contribution in [0.4, 0.5) is 4.79 Å². The van der Waals surface area contributed by atoms with Gasteiger partial charge in [-0.25, -0.2) is 9.59 Å². The van der Waals surface area contributed by atoms with Crippen molar-refractivity contribution < 1.29 is 43.6 Å². The molecule has 0 aliphatic heterocycles. The third kappa shape index (κ3) is 13.2. The average molecular weight is 422 g/mol. The number of amides is 1. The molecule has 0 aliphatic rings. The number of carbonyl (C=O) groups is 3. The summed E-state index contributed by atoms with van der Waals surface area (Å²) in [6, 6.07) is 0. The number of alkyl carbamates (subject to hydrolysis) is 1. The fraction of sp³-hybridized carbons (Fsp3) is 0.824. The molecule has 1 unspecified atom stereocenters. The lowest BCUT2D eigenvalue weighted by atomic mass is 9.94. The molecule has 29 heavy (non-hydrogen) atoms. The molecule has 12 heteroatoms.